The Labute approximate surface area is 472 Å². The molecule has 0 aromatic heterocycles. The Morgan fingerprint density at radius 1 is 0.397 bits per heavy atom. The van der Waals surface area contributed by atoms with Crippen LogP contribution < -0.4 is 0 Å². The van der Waals surface area contributed by atoms with Gasteiger partial charge in [-0.1, -0.05) is 213 Å². The Balaban J connectivity index is 5.20. The SMILES string of the molecule is CCCCCC/C=C\C=C/CCCCCCCC(=O)O[C@H](COC(=O)CCCCCCCCCCC(C)C)COP(=O)(O)OC[C@@H](O)COP(=O)(O)OC[C@@H](COC(=O)CCCCCCC)OC(=O)CCCCCCCCC. The number of hydrogen-bond donors (Lipinski definition) is 3. The van der Waals surface area contributed by atoms with Crippen LogP contribution in [0.5, 0.6) is 0 Å². The number of aliphatic hydroxyl groups is 1. The number of phosphoric acid groups is 2. The molecule has 0 aliphatic carbocycles. The summed E-state index contributed by atoms with van der Waals surface area (Å²) in [7, 11) is -9.87. The van der Waals surface area contributed by atoms with E-state index in [4.69, 9.17) is 37.0 Å². The molecule has 0 saturated heterocycles. The first-order valence-electron chi connectivity index (χ1n) is 30.5. The summed E-state index contributed by atoms with van der Waals surface area (Å²) in [6.45, 7) is 6.91. The van der Waals surface area contributed by atoms with Gasteiger partial charge in [-0.25, -0.2) is 9.13 Å². The second-order valence-electron chi connectivity index (χ2n) is 21.2. The van der Waals surface area contributed by atoms with Gasteiger partial charge in [0.2, 0.25) is 0 Å². The molecule has 0 spiro atoms. The molecule has 19 heteroatoms. The molecule has 0 saturated carbocycles. The summed E-state index contributed by atoms with van der Waals surface area (Å²) in [6.07, 6.45) is 37.6. The molecule has 0 amide bonds. The molecular weight excluding hydrogens is 1040 g/mol. The first-order valence-corrected chi connectivity index (χ1v) is 33.4. The third kappa shape index (κ3) is 52.9. The summed E-state index contributed by atoms with van der Waals surface area (Å²) >= 11 is 0. The van der Waals surface area contributed by atoms with Crippen molar-refractivity contribution in [3.8, 4) is 0 Å². The maximum absolute atomic E-state index is 12.9. The van der Waals surface area contributed by atoms with Crippen LogP contribution in [0.25, 0.3) is 0 Å². The molecule has 0 aromatic carbocycles. The predicted octanol–water partition coefficient (Wildman–Crippen LogP) is 15.4. The van der Waals surface area contributed by atoms with Gasteiger partial charge in [0.15, 0.2) is 12.2 Å². The zero-order valence-electron chi connectivity index (χ0n) is 49.3. The van der Waals surface area contributed by atoms with Crippen LogP contribution in [0.2, 0.25) is 0 Å². The van der Waals surface area contributed by atoms with Gasteiger partial charge in [-0.15, -0.1) is 0 Å². The van der Waals surface area contributed by atoms with Crippen molar-refractivity contribution < 1.29 is 80.2 Å². The molecule has 0 fully saturated rings. The Morgan fingerprint density at radius 3 is 1.05 bits per heavy atom. The van der Waals surface area contributed by atoms with Crippen molar-refractivity contribution in [1.29, 1.82) is 0 Å². The molecule has 0 rings (SSSR count). The van der Waals surface area contributed by atoms with Crippen LogP contribution in [0, 0.1) is 5.92 Å². The van der Waals surface area contributed by atoms with E-state index < -0.39 is 97.5 Å². The third-order valence-electron chi connectivity index (χ3n) is 12.9. The van der Waals surface area contributed by atoms with E-state index in [-0.39, 0.29) is 25.7 Å². The van der Waals surface area contributed by atoms with Gasteiger partial charge in [-0.3, -0.25) is 37.3 Å². The molecule has 0 aliphatic heterocycles. The highest BCUT2D eigenvalue weighted by Crippen LogP contribution is 2.45. The average molecular weight is 1150 g/mol. The van der Waals surface area contributed by atoms with Gasteiger partial charge < -0.3 is 33.8 Å². The second-order valence-corrected chi connectivity index (χ2v) is 24.1. The van der Waals surface area contributed by atoms with Crippen molar-refractivity contribution in [3.63, 3.8) is 0 Å². The molecular formula is C59H110O17P2. The molecule has 17 nitrogen and oxygen atoms in total. The number of carbonyl (C=O) groups excluding carboxylic acids is 4. The van der Waals surface area contributed by atoms with Crippen LogP contribution in [-0.4, -0.2) is 96.7 Å². The standard InChI is InChI=1S/C59H110O17P2/c1-6-9-12-15-17-18-19-20-21-22-23-24-30-35-40-45-59(64)76-55(49-70-57(62)43-38-33-29-26-25-28-32-36-41-52(4)5)51-74-78(67,68)72-47-53(60)46-71-77(65,66)73-50-54(48-69-56(61)42-37-31-14-11-8-3)75-58(63)44-39-34-27-16-13-10-7-2/h18-21,52-55,60H,6-17,22-51H2,1-5H3,(H,65,66)(H,67,68)/b19-18-,21-20-/t53-,54+,55+/m0/s1. The highest BCUT2D eigenvalue weighted by atomic mass is 31.2. The van der Waals surface area contributed by atoms with Crippen LogP contribution in [0.4, 0.5) is 0 Å². The van der Waals surface area contributed by atoms with E-state index in [0.29, 0.717) is 25.7 Å². The summed E-state index contributed by atoms with van der Waals surface area (Å²) in [5.74, 6) is -1.46. The normalized spacial score (nSPS) is 14.6. The Bertz CT molecular complexity index is 1620. The van der Waals surface area contributed by atoms with Gasteiger partial charge in [-0.05, 0) is 57.3 Å². The van der Waals surface area contributed by atoms with Crippen LogP contribution in [0.3, 0.4) is 0 Å². The Morgan fingerprint density at radius 2 is 0.692 bits per heavy atom. The zero-order chi connectivity index (χ0) is 57.8. The minimum absolute atomic E-state index is 0.0842. The van der Waals surface area contributed by atoms with Gasteiger partial charge in [0.1, 0.15) is 19.3 Å². The largest absolute Gasteiger partial charge is 0.472 e. The molecule has 3 N–H and O–H groups in total. The highest BCUT2D eigenvalue weighted by Gasteiger charge is 2.30. The van der Waals surface area contributed by atoms with Gasteiger partial charge in [0.05, 0.1) is 26.4 Å². The lowest BCUT2D eigenvalue weighted by Crippen LogP contribution is -2.30. The first kappa shape index (κ1) is 75.5. The van der Waals surface area contributed by atoms with Crippen molar-refractivity contribution in [2.45, 2.75) is 284 Å². The Hall–Kier alpha value is -2.46. The minimum atomic E-state index is -4.95. The van der Waals surface area contributed by atoms with Crippen LogP contribution in [-0.2, 0) is 65.4 Å². The highest BCUT2D eigenvalue weighted by molar-refractivity contribution is 7.47. The van der Waals surface area contributed by atoms with Crippen molar-refractivity contribution >= 4 is 39.5 Å². The lowest BCUT2D eigenvalue weighted by molar-refractivity contribution is -0.161. The fourth-order valence-electron chi connectivity index (χ4n) is 8.16. The van der Waals surface area contributed by atoms with Gasteiger partial charge in [0.25, 0.3) is 0 Å². The van der Waals surface area contributed by atoms with Crippen LogP contribution >= 0.6 is 15.6 Å². The van der Waals surface area contributed by atoms with E-state index in [2.05, 4.69) is 58.9 Å². The van der Waals surface area contributed by atoms with Gasteiger partial charge in [0, 0.05) is 25.7 Å². The van der Waals surface area contributed by atoms with Crippen molar-refractivity contribution in [2.24, 2.45) is 5.92 Å². The summed E-state index contributed by atoms with van der Waals surface area (Å²) in [6, 6.07) is 0. The van der Waals surface area contributed by atoms with Crippen molar-refractivity contribution in [2.75, 3.05) is 39.6 Å². The fraction of sp³-hybridized carbons (Fsp3) is 0.864. The van der Waals surface area contributed by atoms with Crippen LogP contribution in [0.1, 0.15) is 266 Å². The topological polar surface area (TPSA) is 237 Å². The molecule has 2 unspecified atom stereocenters. The maximum Gasteiger partial charge on any atom is 0.472 e. The molecule has 0 heterocycles. The summed E-state index contributed by atoms with van der Waals surface area (Å²) in [4.78, 5) is 71.6. The van der Waals surface area contributed by atoms with E-state index in [1.807, 2.05) is 0 Å². The number of allylic oxidation sites excluding steroid dienone is 4. The lowest BCUT2D eigenvalue weighted by Gasteiger charge is -2.21. The number of rotatable bonds is 57. The molecule has 78 heavy (non-hydrogen) atoms. The quantitative estimate of drug-likeness (QED) is 0.0169. The number of carbonyl (C=O) groups is 4. The fourth-order valence-corrected chi connectivity index (χ4v) is 9.74. The molecule has 5 atom stereocenters. The third-order valence-corrected chi connectivity index (χ3v) is 14.8. The smallest absolute Gasteiger partial charge is 0.462 e. The summed E-state index contributed by atoms with van der Waals surface area (Å²) in [5, 5.41) is 10.5. The lowest BCUT2D eigenvalue weighted by atomic mass is 10.0. The molecule has 0 aliphatic rings. The number of hydrogen-bond acceptors (Lipinski definition) is 15. The van der Waals surface area contributed by atoms with Gasteiger partial charge >= 0.3 is 39.5 Å². The van der Waals surface area contributed by atoms with E-state index in [0.717, 1.165) is 134 Å². The maximum atomic E-state index is 12.9. The second kappa shape index (κ2) is 52.6. The number of phosphoric ester groups is 2. The predicted molar refractivity (Wildman–Crippen MR) is 307 cm³/mol. The molecule has 0 radical (unpaired) electrons. The number of unbranched alkanes of at least 4 members (excludes halogenated alkanes) is 26. The minimum Gasteiger partial charge on any atom is -0.462 e. The number of ether oxygens (including phenoxy) is 4. The Kier molecular flexibility index (Phi) is 50.9. The molecule has 0 bridgehead atoms. The molecule has 458 valence electrons. The monoisotopic (exact) mass is 1150 g/mol. The first-order chi connectivity index (χ1) is 37.5. The number of aliphatic hydroxyl groups excluding tert-OH is 1. The van der Waals surface area contributed by atoms with E-state index in [1.54, 1.807) is 0 Å². The number of esters is 4. The summed E-state index contributed by atoms with van der Waals surface area (Å²) < 4.78 is 67.4. The van der Waals surface area contributed by atoms with Gasteiger partial charge in [-0.2, -0.15) is 0 Å². The van der Waals surface area contributed by atoms with Crippen LogP contribution in [0.15, 0.2) is 24.3 Å². The molecule has 0 aromatic rings. The zero-order valence-corrected chi connectivity index (χ0v) is 51.1. The summed E-state index contributed by atoms with van der Waals surface area (Å²) in [5.41, 5.74) is 0. The van der Waals surface area contributed by atoms with Crippen molar-refractivity contribution in [3.05, 3.63) is 24.3 Å². The average Bonchev–Trinajstić information content (AvgIpc) is 3.40. The van der Waals surface area contributed by atoms with Crippen molar-refractivity contribution in [1.82, 2.24) is 0 Å². The van der Waals surface area contributed by atoms with E-state index >= 15 is 0 Å². The van der Waals surface area contributed by atoms with E-state index in [9.17, 15) is 43.2 Å². The van der Waals surface area contributed by atoms with E-state index in [1.165, 1.54) is 51.4 Å².